The van der Waals surface area contributed by atoms with Gasteiger partial charge in [-0.2, -0.15) is 0 Å². The number of aliphatic carboxylic acids is 1. The summed E-state index contributed by atoms with van der Waals surface area (Å²) in [7, 11) is 0. The lowest BCUT2D eigenvalue weighted by molar-refractivity contribution is -0.136. The zero-order chi connectivity index (χ0) is 22.7. The van der Waals surface area contributed by atoms with Crippen molar-refractivity contribution in [2.24, 2.45) is 5.73 Å². The van der Waals surface area contributed by atoms with Crippen molar-refractivity contribution in [3.05, 3.63) is 89.2 Å². The smallest absolute Gasteiger partial charge is 0.335 e. The number of furan rings is 1. The SMILES string of the molecule is NCc1cccc(-c2cc(C(=O)O)cc3cc(COc4ccccc4CC(=O)O)oc23)c1. The molecule has 0 bridgehead atoms. The summed E-state index contributed by atoms with van der Waals surface area (Å²) in [5.41, 5.74) is 9.37. The fraction of sp³-hybridized carbons (Fsp3) is 0.120. The van der Waals surface area contributed by atoms with Crippen molar-refractivity contribution in [2.45, 2.75) is 19.6 Å². The van der Waals surface area contributed by atoms with Gasteiger partial charge in [-0.15, -0.1) is 0 Å². The number of carboxylic acids is 2. The zero-order valence-corrected chi connectivity index (χ0v) is 17.1. The predicted octanol–water partition coefficient (Wildman–Crippen LogP) is 4.46. The van der Waals surface area contributed by atoms with Crippen LogP contribution in [0.4, 0.5) is 0 Å². The second-order valence-electron chi connectivity index (χ2n) is 7.33. The number of hydrogen-bond donors (Lipinski definition) is 3. The highest BCUT2D eigenvalue weighted by molar-refractivity contribution is 6.00. The van der Waals surface area contributed by atoms with E-state index in [0.717, 1.165) is 11.1 Å². The number of hydrogen-bond acceptors (Lipinski definition) is 5. The highest BCUT2D eigenvalue weighted by Gasteiger charge is 2.16. The first-order chi connectivity index (χ1) is 15.4. The van der Waals surface area contributed by atoms with E-state index in [1.165, 1.54) is 0 Å². The molecule has 0 unspecified atom stereocenters. The van der Waals surface area contributed by atoms with Gasteiger partial charge in [-0.05, 0) is 41.5 Å². The van der Waals surface area contributed by atoms with Crippen LogP contribution in [0.1, 0.15) is 27.2 Å². The molecule has 1 heterocycles. The Morgan fingerprint density at radius 2 is 1.78 bits per heavy atom. The summed E-state index contributed by atoms with van der Waals surface area (Å²) in [5.74, 6) is -1.04. The first-order valence-electron chi connectivity index (χ1n) is 9.96. The van der Waals surface area contributed by atoms with Crippen LogP contribution >= 0.6 is 0 Å². The number of carbonyl (C=O) groups is 2. The second-order valence-corrected chi connectivity index (χ2v) is 7.33. The number of nitrogens with two attached hydrogens (primary N) is 1. The number of carboxylic acid groups (broad SMARTS) is 2. The predicted molar refractivity (Wildman–Crippen MR) is 119 cm³/mol. The van der Waals surface area contributed by atoms with Crippen LogP contribution < -0.4 is 10.5 Å². The molecule has 4 N–H and O–H groups in total. The maximum atomic E-state index is 11.7. The van der Waals surface area contributed by atoms with Gasteiger partial charge in [-0.3, -0.25) is 4.79 Å². The van der Waals surface area contributed by atoms with Crippen LogP contribution in [0.25, 0.3) is 22.1 Å². The minimum absolute atomic E-state index is 0.0655. The van der Waals surface area contributed by atoms with E-state index in [-0.39, 0.29) is 18.6 Å². The van der Waals surface area contributed by atoms with Crippen LogP contribution in [-0.2, 0) is 24.4 Å². The van der Waals surface area contributed by atoms with Gasteiger partial charge in [0.15, 0.2) is 0 Å². The van der Waals surface area contributed by atoms with Crippen molar-refractivity contribution in [1.29, 1.82) is 0 Å². The summed E-state index contributed by atoms with van der Waals surface area (Å²) >= 11 is 0. The van der Waals surface area contributed by atoms with Crippen LogP contribution in [0.3, 0.4) is 0 Å². The molecular formula is C25H21NO6. The maximum Gasteiger partial charge on any atom is 0.335 e. The van der Waals surface area contributed by atoms with Crippen LogP contribution in [0.2, 0.25) is 0 Å². The molecule has 0 amide bonds. The third kappa shape index (κ3) is 4.48. The third-order valence-corrected chi connectivity index (χ3v) is 5.07. The molecule has 7 heteroatoms. The van der Waals surface area contributed by atoms with Crippen molar-refractivity contribution < 1.29 is 29.0 Å². The Morgan fingerprint density at radius 1 is 0.969 bits per heavy atom. The van der Waals surface area contributed by atoms with E-state index < -0.39 is 11.9 Å². The molecule has 0 saturated carbocycles. The quantitative estimate of drug-likeness (QED) is 0.376. The molecule has 7 nitrogen and oxygen atoms in total. The summed E-state index contributed by atoms with van der Waals surface area (Å²) in [6.45, 7) is 0.429. The summed E-state index contributed by atoms with van der Waals surface area (Å²) in [6, 6.07) is 19.3. The van der Waals surface area contributed by atoms with Gasteiger partial charge < -0.3 is 25.1 Å². The standard InChI is InChI=1S/C25H21NO6/c26-13-15-4-3-6-16(8-15)21-11-19(25(29)30)9-18-10-20(32-24(18)21)14-31-22-7-2-1-5-17(22)12-23(27)28/h1-11H,12-14,26H2,(H,27,28)(H,29,30). The van der Waals surface area contributed by atoms with E-state index in [1.807, 2.05) is 24.3 Å². The Hall–Kier alpha value is -4.10. The molecule has 32 heavy (non-hydrogen) atoms. The molecule has 4 aromatic rings. The molecule has 1 aromatic heterocycles. The monoisotopic (exact) mass is 431 g/mol. The van der Waals surface area contributed by atoms with Gasteiger partial charge in [0.2, 0.25) is 0 Å². The molecule has 4 rings (SSSR count). The summed E-state index contributed by atoms with van der Waals surface area (Å²) in [5, 5.41) is 19.3. The highest BCUT2D eigenvalue weighted by atomic mass is 16.5. The van der Waals surface area contributed by atoms with E-state index in [2.05, 4.69) is 0 Å². The highest BCUT2D eigenvalue weighted by Crippen LogP contribution is 2.33. The summed E-state index contributed by atoms with van der Waals surface area (Å²) < 4.78 is 11.9. The zero-order valence-electron chi connectivity index (χ0n) is 17.1. The number of para-hydroxylation sites is 1. The number of benzene rings is 3. The topological polar surface area (TPSA) is 123 Å². The van der Waals surface area contributed by atoms with E-state index in [9.17, 15) is 14.7 Å². The van der Waals surface area contributed by atoms with Gasteiger partial charge in [0.05, 0.1) is 12.0 Å². The number of rotatable bonds is 8. The molecule has 0 aliphatic heterocycles. The molecule has 0 saturated heterocycles. The largest absolute Gasteiger partial charge is 0.485 e. The Bertz CT molecular complexity index is 1310. The lowest BCUT2D eigenvalue weighted by atomic mass is 9.99. The number of ether oxygens (including phenoxy) is 1. The van der Waals surface area contributed by atoms with Gasteiger partial charge in [-0.1, -0.05) is 36.4 Å². The first-order valence-corrected chi connectivity index (χ1v) is 9.96. The molecule has 162 valence electrons. The number of fused-ring (bicyclic) bond motifs is 1. The molecule has 0 radical (unpaired) electrons. The Balaban J connectivity index is 1.71. The van der Waals surface area contributed by atoms with E-state index in [4.69, 9.17) is 20.0 Å². The lowest BCUT2D eigenvalue weighted by Gasteiger charge is -2.09. The van der Waals surface area contributed by atoms with Crippen molar-refractivity contribution in [3.8, 4) is 16.9 Å². The Kier molecular flexibility index (Phi) is 5.91. The van der Waals surface area contributed by atoms with Crippen LogP contribution in [0.15, 0.2) is 71.1 Å². The maximum absolute atomic E-state index is 11.7. The van der Waals surface area contributed by atoms with Crippen LogP contribution in [0.5, 0.6) is 5.75 Å². The molecule has 0 aliphatic carbocycles. The molecule has 0 atom stereocenters. The van der Waals surface area contributed by atoms with Crippen LogP contribution in [-0.4, -0.2) is 22.2 Å². The fourth-order valence-corrected chi connectivity index (χ4v) is 3.58. The Morgan fingerprint density at radius 3 is 2.53 bits per heavy atom. The van der Waals surface area contributed by atoms with E-state index in [0.29, 0.717) is 40.2 Å². The molecule has 0 fully saturated rings. The fourth-order valence-electron chi connectivity index (χ4n) is 3.58. The van der Waals surface area contributed by atoms with Gasteiger partial charge in [0.25, 0.3) is 0 Å². The molecule has 3 aromatic carbocycles. The number of aromatic carboxylic acids is 1. The van der Waals surface area contributed by atoms with Gasteiger partial charge in [0, 0.05) is 23.1 Å². The van der Waals surface area contributed by atoms with Crippen LogP contribution in [0, 0.1) is 0 Å². The van der Waals surface area contributed by atoms with E-state index >= 15 is 0 Å². The van der Waals surface area contributed by atoms with Crippen molar-refractivity contribution >= 4 is 22.9 Å². The minimum atomic E-state index is -1.04. The minimum Gasteiger partial charge on any atom is -0.485 e. The second kappa shape index (κ2) is 8.95. The average Bonchev–Trinajstić information content (AvgIpc) is 3.20. The van der Waals surface area contributed by atoms with Gasteiger partial charge >= 0.3 is 11.9 Å². The molecule has 0 aliphatic rings. The lowest BCUT2D eigenvalue weighted by Crippen LogP contribution is -2.03. The summed E-state index contributed by atoms with van der Waals surface area (Å²) in [6.07, 6.45) is -0.153. The van der Waals surface area contributed by atoms with Crippen molar-refractivity contribution in [1.82, 2.24) is 0 Å². The first kappa shape index (κ1) is 21.1. The molecule has 0 spiro atoms. The van der Waals surface area contributed by atoms with Gasteiger partial charge in [0.1, 0.15) is 23.7 Å². The Labute approximate surface area is 183 Å². The third-order valence-electron chi connectivity index (χ3n) is 5.07. The van der Waals surface area contributed by atoms with Crippen molar-refractivity contribution in [3.63, 3.8) is 0 Å². The van der Waals surface area contributed by atoms with Crippen molar-refractivity contribution in [2.75, 3.05) is 0 Å². The summed E-state index contributed by atoms with van der Waals surface area (Å²) in [4.78, 5) is 22.8. The average molecular weight is 431 g/mol. The molecular weight excluding hydrogens is 410 g/mol. The normalized spacial score (nSPS) is 10.9. The van der Waals surface area contributed by atoms with E-state index in [1.54, 1.807) is 42.5 Å². The van der Waals surface area contributed by atoms with Gasteiger partial charge in [-0.25, -0.2) is 4.79 Å².